The second-order valence-electron chi connectivity index (χ2n) is 2.41. The minimum absolute atomic E-state index is 0.00676. The van der Waals surface area contributed by atoms with Gasteiger partial charge in [0.25, 0.3) is 0 Å². The van der Waals surface area contributed by atoms with E-state index in [-0.39, 0.29) is 11.9 Å². The van der Waals surface area contributed by atoms with Gasteiger partial charge < -0.3 is 0 Å². The van der Waals surface area contributed by atoms with Gasteiger partial charge in [-0.3, -0.25) is 5.32 Å². The Bertz CT molecular complexity index is 302. The molecule has 0 aliphatic carbocycles. The molecule has 1 unspecified atom stereocenters. The van der Waals surface area contributed by atoms with E-state index in [1.165, 1.54) is 0 Å². The van der Waals surface area contributed by atoms with Crippen LogP contribution in [-0.2, 0) is 0 Å². The summed E-state index contributed by atoms with van der Waals surface area (Å²) >= 11 is 0. The third-order valence-electron chi connectivity index (χ3n) is 1.64. The third-order valence-corrected chi connectivity index (χ3v) is 1.64. The highest BCUT2D eigenvalue weighted by Crippen LogP contribution is 2.10. The quantitative estimate of drug-likeness (QED) is 0.526. The second kappa shape index (κ2) is 1.98. The van der Waals surface area contributed by atoms with Crippen molar-refractivity contribution in [1.82, 2.24) is 5.32 Å². The first kappa shape index (κ1) is 6.21. The molecule has 56 valence electrons. The molecule has 0 saturated heterocycles. The molecule has 0 fully saturated rings. The largest absolute Gasteiger partial charge is 0.346 e. The molecule has 0 aromatic heterocycles. The fourth-order valence-corrected chi connectivity index (χ4v) is 1.02. The molecule has 1 N–H and O–H groups in total. The summed E-state index contributed by atoms with van der Waals surface area (Å²) < 4.78 is 0. The number of amides is 2. The smallest absolute Gasteiger partial charge is 0.292 e. The minimum Gasteiger partial charge on any atom is -0.292 e. The molecule has 0 aromatic carbocycles. The number of aliphatic imine (C=N–C) groups is 1. The third kappa shape index (κ3) is 0.849. The molecule has 5 nitrogen and oxygen atoms in total. The van der Waals surface area contributed by atoms with Crippen LogP contribution in [0.3, 0.4) is 0 Å². The monoisotopic (exact) mass is 150 g/mol. The van der Waals surface area contributed by atoms with E-state index < -0.39 is 0 Å². The van der Waals surface area contributed by atoms with Gasteiger partial charge in [0.2, 0.25) is 0 Å². The van der Waals surface area contributed by atoms with E-state index in [9.17, 15) is 4.79 Å². The minimum atomic E-state index is -0.370. The Hall–Kier alpha value is -1.52. The van der Waals surface area contributed by atoms with Crippen LogP contribution < -0.4 is 5.32 Å². The molecular formula is C6H6N4O. The number of hydrogen-bond donors (Lipinski definition) is 1. The molecule has 11 heavy (non-hydrogen) atoms. The summed E-state index contributed by atoms with van der Waals surface area (Å²) in [5, 5.41) is 10.1. The molecule has 2 heterocycles. The standard InChI is InChI=1S/C6H6N4O/c1-3-4-2-7-6(11)8-5(4)10-9-3/h2,4H,1H3,(H,8,10,11). The van der Waals surface area contributed by atoms with Crippen LogP contribution >= 0.6 is 0 Å². The highest BCUT2D eigenvalue weighted by molar-refractivity contribution is 6.25. The van der Waals surface area contributed by atoms with Gasteiger partial charge in [0.05, 0.1) is 11.6 Å². The lowest BCUT2D eigenvalue weighted by molar-refractivity contribution is 0.253. The molecular weight excluding hydrogens is 144 g/mol. The molecule has 0 spiro atoms. The molecule has 0 bridgehead atoms. The number of amidine groups is 1. The lowest BCUT2D eigenvalue weighted by atomic mass is 10.1. The summed E-state index contributed by atoms with van der Waals surface area (Å²) in [6.07, 6.45) is 1.56. The molecule has 0 radical (unpaired) electrons. The molecule has 2 aliphatic rings. The Morgan fingerprint density at radius 2 is 2.36 bits per heavy atom. The number of nitrogens with one attached hydrogen (secondary N) is 1. The van der Waals surface area contributed by atoms with Crippen LogP contribution in [0, 0.1) is 5.92 Å². The maximum absolute atomic E-state index is 10.7. The predicted octanol–water partition coefficient (Wildman–Crippen LogP) is 0.185. The topological polar surface area (TPSA) is 66.2 Å². The predicted molar refractivity (Wildman–Crippen MR) is 41.1 cm³/mol. The van der Waals surface area contributed by atoms with Crippen molar-refractivity contribution in [3.05, 3.63) is 0 Å². The summed E-state index contributed by atoms with van der Waals surface area (Å²) in [6.45, 7) is 1.85. The fourth-order valence-electron chi connectivity index (χ4n) is 1.02. The van der Waals surface area contributed by atoms with Crippen LogP contribution in [0.1, 0.15) is 6.92 Å². The van der Waals surface area contributed by atoms with Crippen LogP contribution in [0.4, 0.5) is 4.79 Å². The summed E-state index contributed by atoms with van der Waals surface area (Å²) in [5.74, 6) is 0.579. The molecule has 0 aromatic rings. The van der Waals surface area contributed by atoms with Gasteiger partial charge in [-0.25, -0.2) is 9.79 Å². The van der Waals surface area contributed by atoms with Gasteiger partial charge in [-0.05, 0) is 6.92 Å². The number of carbonyl (C=O) groups excluding carboxylic acids is 1. The van der Waals surface area contributed by atoms with E-state index in [0.29, 0.717) is 5.84 Å². The van der Waals surface area contributed by atoms with Crippen LogP contribution in [0.15, 0.2) is 15.2 Å². The van der Waals surface area contributed by atoms with Gasteiger partial charge in [0.15, 0.2) is 0 Å². The normalized spacial score (nSPS) is 27.4. The van der Waals surface area contributed by atoms with Gasteiger partial charge in [-0.1, -0.05) is 0 Å². The van der Waals surface area contributed by atoms with Crippen molar-refractivity contribution in [2.24, 2.45) is 21.1 Å². The SMILES string of the molecule is CC1=NN=C2NC(=O)N=CC12. The molecule has 1 atom stereocenters. The number of nitrogens with zero attached hydrogens (tertiary/aromatic N) is 3. The number of fused-ring (bicyclic) bond motifs is 1. The molecule has 5 heteroatoms. The Morgan fingerprint density at radius 1 is 1.55 bits per heavy atom. The summed E-state index contributed by atoms with van der Waals surface area (Å²) in [4.78, 5) is 14.3. The molecule has 2 rings (SSSR count). The van der Waals surface area contributed by atoms with E-state index in [0.717, 1.165) is 5.71 Å². The van der Waals surface area contributed by atoms with Crippen LogP contribution in [0.25, 0.3) is 0 Å². The Morgan fingerprint density at radius 3 is 3.18 bits per heavy atom. The summed E-state index contributed by atoms with van der Waals surface area (Å²) in [5.41, 5.74) is 0.865. The first-order valence-corrected chi connectivity index (χ1v) is 3.24. The van der Waals surface area contributed by atoms with Crippen molar-refractivity contribution in [1.29, 1.82) is 0 Å². The zero-order chi connectivity index (χ0) is 7.84. The Balaban J connectivity index is 2.35. The van der Waals surface area contributed by atoms with Gasteiger partial charge in [-0.2, -0.15) is 5.10 Å². The van der Waals surface area contributed by atoms with Gasteiger partial charge >= 0.3 is 6.03 Å². The number of carbonyl (C=O) groups is 1. The first-order chi connectivity index (χ1) is 5.27. The number of hydrogen-bond acceptors (Lipinski definition) is 3. The highest BCUT2D eigenvalue weighted by atomic mass is 16.2. The second-order valence-corrected chi connectivity index (χ2v) is 2.41. The fraction of sp³-hybridized carbons (Fsp3) is 0.333. The highest BCUT2D eigenvalue weighted by Gasteiger charge is 2.27. The average molecular weight is 150 g/mol. The van der Waals surface area contributed by atoms with Crippen molar-refractivity contribution in [2.75, 3.05) is 0 Å². The van der Waals surface area contributed by atoms with Crippen molar-refractivity contribution in [3.8, 4) is 0 Å². The van der Waals surface area contributed by atoms with E-state index in [2.05, 4.69) is 20.5 Å². The molecule has 0 saturated carbocycles. The van der Waals surface area contributed by atoms with Gasteiger partial charge in [0.1, 0.15) is 5.84 Å². The van der Waals surface area contributed by atoms with Crippen molar-refractivity contribution in [2.45, 2.75) is 6.92 Å². The maximum Gasteiger partial charge on any atom is 0.346 e. The van der Waals surface area contributed by atoms with Crippen molar-refractivity contribution in [3.63, 3.8) is 0 Å². The van der Waals surface area contributed by atoms with E-state index in [4.69, 9.17) is 0 Å². The lowest BCUT2D eigenvalue weighted by Crippen LogP contribution is -2.39. The van der Waals surface area contributed by atoms with Crippen LogP contribution in [0.2, 0.25) is 0 Å². The average Bonchev–Trinajstić information content (AvgIpc) is 2.32. The Labute approximate surface area is 62.9 Å². The number of urea groups is 1. The number of rotatable bonds is 0. The first-order valence-electron chi connectivity index (χ1n) is 3.24. The summed E-state index contributed by atoms with van der Waals surface area (Å²) in [7, 11) is 0. The lowest BCUT2D eigenvalue weighted by Gasteiger charge is -2.11. The van der Waals surface area contributed by atoms with Crippen LogP contribution in [0.5, 0.6) is 0 Å². The van der Waals surface area contributed by atoms with Crippen molar-refractivity contribution < 1.29 is 4.79 Å². The summed E-state index contributed by atoms with van der Waals surface area (Å²) in [6, 6.07) is -0.370. The van der Waals surface area contributed by atoms with E-state index in [1.807, 2.05) is 6.92 Å². The van der Waals surface area contributed by atoms with E-state index >= 15 is 0 Å². The molecule has 2 aliphatic heterocycles. The zero-order valence-electron chi connectivity index (χ0n) is 5.90. The van der Waals surface area contributed by atoms with Gasteiger partial charge in [-0.15, -0.1) is 5.10 Å². The van der Waals surface area contributed by atoms with E-state index in [1.54, 1.807) is 6.21 Å². The van der Waals surface area contributed by atoms with Gasteiger partial charge in [0, 0.05) is 6.21 Å². The molecule has 2 amide bonds. The van der Waals surface area contributed by atoms with Crippen molar-refractivity contribution >= 4 is 23.8 Å². The maximum atomic E-state index is 10.7. The Kier molecular flexibility index (Phi) is 1.12. The zero-order valence-corrected chi connectivity index (χ0v) is 5.90. The van der Waals surface area contributed by atoms with Crippen LogP contribution in [-0.4, -0.2) is 23.8 Å².